The number of thiophene rings is 1. The maximum absolute atomic E-state index is 14.0. The fourth-order valence-electron chi connectivity index (χ4n) is 4.77. The van der Waals surface area contributed by atoms with Gasteiger partial charge in [0.1, 0.15) is 6.04 Å². The molecule has 0 spiro atoms. The fourth-order valence-corrected chi connectivity index (χ4v) is 5.47. The molecular formula is C28H32N2O4S. The number of ether oxygens (including phenoxy) is 2. The minimum absolute atomic E-state index is 0.104. The second-order valence-corrected chi connectivity index (χ2v) is 9.81. The van der Waals surface area contributed by atoms with Crippen molar-refractivity contribution in [1.29, 1.82) is 0 Å². The number of hydrogen-bond donors (Lipinski definition) is 1. The molecule has 184 valence electrons. The number of rotatable bonds is 9. The van der Waals surface area contributed by atoms with E-state index in [2.05, 4.69) is 5.32 Å². The van der Waals surface area contributed by atoms with Crippen molar-refractivity contribution in [2.24, 2.45) is 0 Å². The van der Waals surface area contributed by atoms with Crippen LogP contribution in [0, 0.1) is 6.92 Å². The molecule has 1 aliphatic rings. The van der Waals surface area contributed by atoms with Gasteiger partial charge < -0.3 is 14.8 Å². The van der Waals surface area contributed by atoms with E-state index in [0.29, 0.717) is 22.7 Å². The lowest BCUT2D eigenvalue weighted by atomic mass is 9.99. The topological polar surface area (TPSA) is 67.9 Å². The van der Waals surface area contributed by atoms with Gasteiger partial charge in [0.05, 0.1) is 20.6 Å². The molecule has 4 rings (SSSR count). The van der Waals surface area contributed by atoms with E-state index < -0.39 is 6.04 Å². The first-order valence-electron chi connectivity index (χ1n) is 11.9. The number of methoxy groups -OCH3 is 2. The van der Waals surface area contributed by atoms with Gasteiger partial charge >= 0.3 is 0 Å². The molecular weight excluding hydrogens is 460 g/mol. The van der Waals surface area contributed by atoms with Crippen molar-refractivity contribution in [1.82, 2.24) is 5.32 Å². The molecule has 1 saturated carbocycles. The van der Waals surface area contributed by atoms with Crippen LogP contribution in [0.5, 0.6) is 11.5 Å². The number of amides is 2. The zero-order chi connectivity index (χ0) is 24.8. The molecule has 6 nitrogen and oxygen atoms in total. The molecule has 0 radical (unpaired) electrons. The van der Waals surface area contributed by atoms with Crippen molar-refractivity contribution in [3.05, 3.63) is 76.0 Å². The van der Waals surface area contributed by atoms with Crippen LogP contribution in [0.4, 0.5) is 5.69 Å². The Bertz CT molecular complexity index is 1160. The molecule has 1 aliphatic carbocycles. The number of nitrogens with zero attached hydrogens (tertiary/aromatic N) is 1. The van der Waals surface area contributed by atoms with E-state index in [4.69, 9.17) is 9.47 Å². The van der Waals surface area contributed by atoms with E-state index in [0.717, 1.165) is 36.1 Å². The van der Waals surface area contributed by atoms with E-state index in [9.17, 15) is 9.59 Å². The van der Waals surface area contributed by atoms with Crippen LogP contribution in [0.25, 0.3) is 0 Å². The van der Waals surface area contributed by atoms with Gasteiger partial charge in [-0.1, -0.05) is 49.2 Å². The molecule has 1 fully saturated rings. The first-order valence-corrected chi connectivity index (χ1v) is 12.8. The van der Waals surface area contributed by atoms with Crippen LogP contribution >= 0.6 is 11.3 Å². The van der Waals surface area contributed by atoms with Crippen LogP contribution in [0.2, 0.25) is 0 Å². The van der Waals surface area contributed by atoms with Crippen molar-refractivity contribution in [3.8, 4) is 11.5 Å². The normalized spacial score (nSPS) is 14.4. The maximum Gasteiger partial charge on any atom is 0.248 e. The molecule has 0 bridgehead atoms. The Morgan fingerprint density at radius 1 is 1.03 bits per heavy atom. The first-order chi connectivity index (χ1) is 17.0. The highest BCUT2D eigenvalue weighted by Gasteiger charge is 2.37. The monoisotopic (exact) mass is 492 g/mol. The van der Waals surface area contributed by atoms with Crippen molar-refractivity contribution in [2.75, 3.05) is 19.1 Å². The van der Waals surface area contributed by atoms with E-state index in [1.165, 1.54) is 11.3 Å². The average molecular weight is 493 g/mol. The quantitative estimate of drug-likeness (QED) is 0.431. The molecule has 35 heavy (non-hydrogen) atoms. The number of anilines is 1. The van der Waals surface area contributed by atoms with Crippen LogP contribution in [0.15, 0.2) is 60.0 Å². The summed E-state index contributed by atoms with van der Waals surface area (Å²) < 4.78 is 11.3. The van der Waals surface area contributed by atoms with E-state index in [1.54, 1.807) is 25.2 Å². The summed E-state index contributed by atoms with van der Waals surface area (Å²) in [7, 11) is 3.12. The fraction of sp³-hybridized carbons (Fsp3) is 0.357. The lowest BCUT2D eigenvalue weighted by Crippen LogP contribution is -2.47. The summed E-state index contributed by atoms with van der Waals surface area (Å²) in [6, 6.07) is 16.2. The summed E-state index contributed by atoms with van der Waals surface area (Å²) >= 11 is 1.53. The SMILES string of the molecule is COc1cccc([C@H](C(=O)NC2CCCC2)N(C(=O)Cc2cccs2)c2ccccc2C)c1OC. The molecule has 1 atom stereocenters. The second-order valence-electron chi connectivity index (χ2n) is 8.78. The number of carbonyl (C=O) groups excluding carboxylic acids is 2. The summed E-state index contributed by atoms with van der Waals surface area (Å²) in [5.41, 5.74) is 2.20. The van der Waals surface area contributed by atoms with Gasteiger partial charge in [-0.05, 0) is 48.9 Å². The smallest absolute Gasteiger partial charge is 0.248 e. The van der Waals surface area contributed by atoms with Gasteiger partial charge in [0.2, 0.25) is 11.8 Å². The molecule has 0 saturated heterocycles. The van der Waals surface area contributed by atoms with Crippen molar-refractivity contribution >= 4 is 28.8 Å². The van der Waals surface area contributed by atoms with Gasteiger partial charge in [-0.15, -0.1) is 11.3 Å². The Morgan fingerprint density at radius 2 is 1.80 bits per heavy atom. The third-order valence-corrected chi connectivity index (χ3v) is 7.36. The van der Waals surface area contributed by atoms with Gasteiger partial charge in [0, 0.05) is 22.2 Å². The molecule has 2 aromatic carbocycles. The highest BCUT2D eigenvalue weighted by molar-refractivity contribution is 7.10. The van der Waals surface area contributed by atoms with Crippen LogP contribution < -0.4 is 19.7 Å². The number of aryl methyl sites for hydroxylation is 1. The Hall–Kier alpha value is -3.32. The number of para-hydroxylation sites is 2. The molecule has 7 heteroatoms. The molecule has 1 N–H and O–H groups in total. The lowest BCUT2D eigenvalue weighted by molar-refractivity contribution is -0.127. The summed E-state index contributed by atoms with van der Waals surface area (Å²) in [6.07, 6.45) is 4.28. The molecule has 1 aromatic heterocycles. The van der Waals surface area contributed by atoms with Crippen LogP contribution in [0.1, 0.15) is 47.7 Å². The Kier molecular flexibility index (Phi) is 8.08. The number of hydrogen-bond acceptors (Lipinski definition) is 5. The highest BCUT2D eigenvalue weighted by atomic mass is 32.1. The first kappa shape index (κ1) is 24.8. The molecule has 0 unspecified atom stereocenters. The minimum Gasteiger partial charge on any atom is -0.493 e. The van der Waals surface area contributed by atoms with Gasteiger partial charge in [0.15, 0.2) is 11.5 Å². The predicted molar refractivity (Wildman–Crippen MR) is 139 cm³/mol. The number of nitrogens with one attached hydrogen (secondary N) is 1. The van der Waals surface area contributed by atoms with E-state index >= 15 is 0 Å². The second kappa shape index (κ2) is 11.4. The molecule has 3 aromatic rings. The van der Waals surface area contributed by atoms with Gasteiger partial charge in [0.25, 0.3) is 0 Å². The summed E-state index contributed by atoms with van der Waals surface area (Å²) in [5.74, 6) is 0.590. The van der Waals surface area contributed by atoms with E-state index in [1.807, 2.05) is 60.8 Å². The zero-order valence-electron chi connectivity index (χ0n) is 20.5. The molecule has 2 amide bonds. The van der Waals surface area contributed by atoms with Gasteiger partial charge in [-0.25, -0.2) is 0 Å². The predicted octanol–water partition coefficient (Wildman–Crippen LogP) is 5.45. The number of benzene rings is 2. The maximum atomic E-state index is 14.0. The molecule has 0 aliphatic heterocycles. The van der Waals surface area contributed by atoms with Crippen molar-refractivity contribution < 1.29 is 19.1 Å². The third kappa shape index (κ3) is 5.51. The minimum atomic E-state index is -0.922. The van der Waals surface area contributed by atoms with Crippen LogP contribution in [-0.2, 0) is 16.0 Å². The Morgan fingerprint density at radius 3 is 2.46 bits per heavy atom. The summed E-state index contributed by atoms with van der Waals surface area (Å²) in [4.78, 5) is 30.5. The standard InChI is InChI=1S/C28H32N2O4S/c1-19-10-4-7-15-23(19)30(25(31)18-21-13-9-17-35-21)26(28(32)29-20-11-5-6-12-20)22-14-8-16-24(33-2)27(22)34-3/h4,7-10,13-17,20,26H,5-6,11-12,18H2,1-3H3,(H,29,32)/t26-/m1/s1. The number of carbonyl (C=O) groups is 2. The Balaban J connectivity index is 1.86. The summed E-state index contributed by atoms with van der Waals surface area (Å²) in [6.45, 7) is 1.95. The lowest BCUT2D eigenvalue weighted by Gasteiger charge is -2.34. The third-order valence-electron chi connectivity index (χ3n) is 6.49. The molecule has 1 heterocycles. The zero-order valence-corrected chi connectivity index (χ0v) is 21.3. The largest absolute Gasteiger partial charge is 0.493 e. The Labute approximate surface area is 210 Å². The van der Waals surface area contributed by atoms with Gasteiger partial charge in [-0.2, -0.15) is 0 Å². The highest BCUT2D eigenvalue weighted by Crippen LogP contribution is 2.40. The van der Waals surface area contributed by atoms with Crippen LogP contribution in [0.3, 0.4) is 0 Å². The summed E-state index contributed by atoms with van der Waals surface area (Å²) in [5, 5.41) is 5.18. The van der Waals surface area contributed by atoms with Crippen LogP contribution in [-0.4, -0.2) is 32.1 Å². The van der Waals surface area contributed by atoms with Crippen molar-refractivity contribution in [2.45, 2.75) is 51.1 Å². The average Bonchev–Trinajstić information content (AvgIpc) is 3.57. The van der Waals surface area contributed by atoms with Crippen molar-refractivity contribution in [3.63, 3.8) is 0 Å². The van der Waals surface area contributed by atoms with Gasteiger partial charge in [-0.3, -0.25) is 14.5 Å². The van der Waals surface area contributed by atoms with E-state index in [-0.39, 0.29) is 24.3 Å².